The van der Waals surface area contributed by atoms with Gasteiger partial charge in [0.15, 0.2) is 0 Å². The number of nitrogens with zero attached hydrogens (tertiary/aromatic N) is 1. The van der Waals surface area contributed by atoms with Gasteiger partial charge in [-0.25, -0.2) is 0 Å². The average Bonchev–Trinajstić information content (AvgIpc) is 2.14. The molecular formula is C11H20N2O3. The summed E-state index contributed by atoms with van der Waals surface area (Å²) in [6.45, 7) is 5.17. The molecule has 0 aliphatic heterocycles. The first-order valence-electron chi connectivity index (χ1n) is 5.19. The Morgan fingerprint density at radius 2 is 1.94 bits per heavy atom. The number of quaternary nitrogens is 1. The molecule has 0 saturated heterocycles. The monoisotopic (exact) mass is 228 g/mol. The molecule has 0 aliphatic rings. The standard InChI is InChI=1S/C11H20N2O3/c1-6-8-11(10(15)16,13(3,4)5)12-9(14)7-2/h7H,2,6,8H2,1,3-5H3,(H-,12,14,15,16). The van der Waals surface area contributed by atoms with Crippen molar-refractivity contribution in [2.75, 3.05) is 21.1 Å². The minimum absolute atomic E-state index is 0.0583. The van der Waals surface area contributed by atoms with E-state index in [0.29, 0.717) is 12.8 Å². The fourth-order valence-electron chi connectivity index (χ4n) is 1.61. The van der Waals surface area contributed by atoms with E-state index in [9.17, 15) is 14.7 Å². The predicted molar refractivity (Wildman–Crippen MR) is 59.0 cm³/mol. The molecule has 0 heterocycles. The number of nitrogens with one attached hydrogen (secondary N) is 1. The zero-order chi connectivity index (χ0) is 13.0. The summed E-state index contributed by atoms with van der Waals surface area (Å²) in [6, 6.07) is 0. The lowest BCUT2D eigenvalue weighted by molar-refractivity contribution is -0.919. The lowest BCUT2D eigenvalue weighted by Gasteiger charge is -2.46. The molecular weight excluding hydrogens is 208 g/mol. The molecule has 0 spiro atoms. The lowest BCUT2D eigenvalue weighted by Crippen LogP contribution is -2.74. The van der Waals surface area contributed by atoms with E-state index in [1.165, 1.54) is 0 Å². The second-order valence-electron chi connectivity index (χ2n) is 4.60. The molecule has 0 aliphatic carbocycles. The second kappa shape index (κ2) is 5.12. The van der Waals surface area contributed by atoms with E-state index in [0.717, 1.165) is 6.08 Å². The van der Waals surface area contributed by atoms with Crippen molar-refractivity contribution < 1.29 is 19.2 Å². The van der Waals surface area contributed by atoms with Gasteiger partial charge in [0, 0.05) is 6.42 Å². The van der Waals surface area contributed by atoms with Gasteiger partial charge in [-0.05, 0) is 12.5 Å². The Hall–Kier alpha value is -1.36. The van der Waals surface area contributed by atoms with Crippen molar-refractivity contribution in [1.82, 2.24) is 5.32 Å². The first-order valence-corrected chi connectivity index (χ1v) is 5.19. The Morgan fingerprint density at radius 3 is 2.19 bits per heavy atom. The zero-order valence-electron chi connectivity index (χ0n) is 10.4. The molecule has 0 rings (SSSR count). The lowest BCUT2D eigenvalue weighted by atomic mass is 10.0. The van der Waals surface area contributed by atoms with E-state index in [1.807, 2.05) is 6.92 Å². The third-order valence-corrected chi connectivity index (χ3v) is 2.61. The maximum absolute atomic E-state index is 11.3. The van der Waals surface area contributed by atoms with Crippen LogP contribution in [0.1, 0.15) is 19.8 Å². The van der Waals surface area contributed by atoms with Crippen LogP contribution < -0.4 is 10.4 Å². The molecule has 0 radical (unpaired) electrons. The summed E-state index contributed by atoms with van der Waals surface area (Å²) in [7, 11) is 5.11. The summed E-state index contributed by atoms with van der Waals surface area (Å²) in [5.41, 5.74) is -1.42. The number of hydrogen-bond acceptors (Lipinski definition) is 3. The highest BCUT2D eigenvalue weighted by Crippen LogP contribution is 2.21. The third-order valence-electron chi connectivity index (χ3n) is 2.61. The summed E-state index contributed by atoms with van der Waals surface area (Å²) in [5.74, 6) is -1.79. The molecule has 16 heavy (non-hydrogen) atoms. The van der Waals surface area contributed by atoms with Crippen LogP contribution in [0.2, 0.25) is 0 Å². The van der Waals surface area contributed by atoms with Crippen molar-refractivity contribution in [1.29, 1.82) is 0 Å². The number of carboxylic acid groups (broad SMARTS) is 1. The fourth-order valence-corrected chi connectivity index (χ4v) is 1.61. The molecule has 1 unspecified atom stereocenters. The highest BCUT2D eigenvalue weighted by Gasteiger charge is 2.45. The van der Waals surface area contributed by atoms with Crippen molar-refractivity contribution in [2.45, 2.75) is 25.4 Å². The van der Waals surface area contributed by atoms with E-state index in [-0.39, 0.29) is 4.48 Å². The van der Waals surface area contributed by atoms with Gasteiger partial charge in [-0.1, -0.05) is 13.5 Å². The molecule has 0 saturated carbocycles. The molecule has 5 heteroatoms. The van der Waals surface area contributed by atoms with E-state index in [2.05, 4.69) is 11.9 Å². The average molecular weight is 228 g/mol. The molecule has 0 aromatic heterocycles. The van der Waals surface area contributed by atoms with Crippen LogP contribution in [0.4, 0.5) is 0 Å². The molecule has 1 atom stereocenters. The summed E-state index contributed by atoms with van der Waals surface area (Å²) >= 11 is 0. The normalized spacial score (nSPS) is 15.0. The van der Waals surface area contributed by atoms with Crippen molar-refractivity contribution in [2.24, 2.45) is 0 Å². The van der Waals surface area contributed by atoms with E-state index in [1.54, 1.807) is 21.1 Å². The molecule has 0 aromatic rings. The molecule has 0 aromatic carbocycles. The number of likely N-dealkylation sites (N-methyl/N-ethyl adjacent to an activating group) is 1. The van der Waals surface area contributed by atoms with Crippen LogP contribution >= 0.6 is 0 Å². The van der Waals surface area contributed by atoms with Crippen molar-refractivity contribution in [3.63, 3.8) is 0 Å². The van der Waals surface area contributed by atoms with Crippen LogP contribution in [0.15, 0.2) is 12.7 Å². The first kappa shape index (κ1) is 14.6. The van der Waals surface area contributed by atoms with Gasteiger partial charge in [0.1, 0.15) is 5.97 Å². The molecule has 5 nitrogen and oxygen atoms in total. The highest BCUT2D eigenvalue weighted by atomic mass is 16.4. The zero-order valence-corrected chi connectivity index (χ0v) is 10.4. The number of carbonyl (C=O) groups excluding carboxylic acids is 2. The summed E-state index contributed by atoms with van der Waals surface area (Å²) in [6.07, 6.45) is 1.99. The van der Waals surface area contributed by atoms with Crippen LogP contribution in [0.5, 0.6) is 0 Å². The Morgan fingerprint density at radius 1 is 1.44 bits per heavy atom. The molecule has 1 N–H and O–H groups in total. The second-order valence-corrected chi connectivity index (χ2v) is 4.60. The first-order chi connectivity index (χ1) is 7.21. The number of rotatable bonds is 6. The SMILES string of the molecule is C=CC(=O)NC(CCC)(C(=O)[O-])[N+](C)(C)C. The fraction of sp³-hybridized carbons (Fsp3) is 0.636. The van der Waals surface area contributed by atoms with Crippen molar-refractivity contribution in [3.05, 3.63) is 12.7 Å². The molecule has 1 amide bonds. The van der Waals surface area contributed by atoms with Gasteiger partial charge in [0.2, 0.25) is 11.6 Å². The van der Waals surface area contributed by atoms with E-state index in [4.69, 9.17) is 0 Å². The van der Waals surface area contributed by atoms with Gasteiger partial charge in [0.05, 0.1) is 21.1 Å². The van der Waals surface area contributed by atoms with Gasteiger partial charge < -0.3 is 14.4 Å². The van der Waals surface area contributed by atoms with E-state index >= 15 is 0 Å². The maximum Gasteiger partial charge on any atom is 0.248 e. The van der Waals surface area contributed by atoms with Crippen molar-refractivity contribution >= 4 is 11.9 Å². The van der Waals surface area contributed by atoms with Crippen LogP contribution in [0, 0.1) is 0 Å². The van der Waals surface area contributed by atoms with Crippen LogP contribution in [-0.4, -0.2) is 43.2 Å². The predicted octanol–water partition coefficient (Wildman–Crippen LogP) is -0.759. The minimum Gasteiger partial charge on any atom is -0.542 e. The summed E-state index contributed by atoms with van der Waals surface area (Å²) < 4.78 is 0.0583. The van der Waals surface area contributed by atoms with Gasteiger partial charge in [-0.2, -0.15) is 0 Å². The third kappa shape index (κ3) is 2.82. The van der Waals surface area contributed by atoms with Crippen LogP contribution in [0.3, 0.4) is 0 Å². The highest BCUT2D eigenvalue weighted by molar-refractivity contribution is 5.91. The number of hydrogen-bond donors (Lipinski definition) is 1. The van der Waals surface area contributed by atoms with Crippen LogP contribution in [-0.2, 0) is 9.59 Å². The quantitative estimate of drug-likeness (QED) is 0.369. The number of carbonyl (C=O) groups is 2. The Kier molecular flexibility index (Phi) is 4.68. The Balaban J connectivity index is 5.35. The smallest absolute Gasteiger partial charge is 0.248 e. The topological polar surface area (TPSA) is 69.2 Å². The summed E-state index contributed by atoms with van der Waals surface area (Å²) in [4.78, 5) is 22.7. The van der Waals surface area contributed by atoms with Gasteiger partial charge in [-0.15, -0.1) is 0 Å². The number of aliphatic carboxylic acids is 1. The number of amides is 1. The number of carboxylic acids is 1. The Labute approximate surface area is 96.3 Å². The van der Waals surface area contributed by atoms with Crippen molar-refractivity contribution in [3.8, 4) is 0 Å². The maximum atomic E-state index is 11.3. The molecule has 0 fully saturated rings. The largest absolute Gasteiger partial charge is 0.542 e. The molecule has 0 bridgehead atoms. The Bertz CT molecular complexity index is 294. The van der Waals surface area contributed by atoms with Gasteiger partial charge in [0.25, 0.3) is 0 Å². The van der Waals surface area contributed by atoms with Crippen LogP contribution in [0.25, 0.3) is 0 Å². The van der Waals surface area contributed by atoms with Gasteiger partial charge in [-0.3, -0.25) is 10.1 Å². The molecule has 92 valence electrons. The summed E-state index contributed by atoms with van der Waals surface area (Å²) in [5, 5.41) is 13.8. The minimum atomic E-state index is -1.42. The van der Waals surface area contributed by atoms with E-state index < -0.39 is 17.5 Å². The van der Waals surface area contributed by atoms with Gasteiger partial charge >= 0.3 is 0 Å².